The molecular weight excluding hydrogens is 406 g/mol. The lowest BCUT2D eigenvalue weighted by molar-refractivity contribution is 0.290. The summed E-state index contributed by atoms with van der Waals surface area (Å²) in [6, 6.07) is 25.8. The minimum absolute atomic E-state index is 0.173. The van der Waals surface area contributed by atoms with Crippen molar-refractivity contribution in [3.05, 3.63) is 95.1 Å². The molecule has 3 aromatic rings. The summed E-state index contributed by atoms with van der Waals surface area (Å²) < 4.78 is 0. The average molecular weight is 442 g/mol. The van der Waals surface area contributed by atoms with Gasteiger partial charge in [-0.15, -0.1) is 0 Å². The quantitative estimate of drug-likeness (QED) is 0.397. The van der Waals surface area contributed by atoms with Crippen LogP contribution >= 0.6 is 0 Å². The minimum Gasteiger partial charge on any atom is -0.399 e. The van der Waals surface area contributed by atoms with E-state index in [-0.39, 0.29) is 6.61 Å². The van der Waals surface area contributed by atoms with Crippen molar-refractivity contribution in [2.24, 2.45) is 0 Å². The number of nitrogens with zero attached hydrogens (tertiary/aromatic N) is 2. The van der Waals surface area contributed by atoms with E-state index in [1.54, 1.807) is 0 Å². The number of nitrogens with two attached hydrogens (primary N) is 1. The molecule has 1 fully saturated rings. The van der Waals surface area contributed by atoms with Crippen molar-refractivity contribution in [3.8, 4) is 0 Å². The number of hydrogen-bond donors (Lipinski definition) is 2. The van der Waals surface area contributed by atoms with E-state index in [2.05, 4.69) is 84.4 Å². The van der Waals surface area contributed by atoms with Crippen LogP contribution in [0.25, 0.3) is 11.1 Å². The monoisotopic (exact) mass is 441 g/mol. The van der Waals surface area contributed by atoms with Crippen LogP contribution in [0.4, 0.5) is 11.4 Å². The Balaban J connectivity index is 1.81. The molecule has 1 heterocycles. The highest BCUT2D eigenvalue weighted by atomic mass is 16.2. The van der Waals surface area contributed by atoms with Crippen LogP contribution in [-0.4, -0.2) is 49.8 Å². The molecule has 4 nitrogen and oxygen atoms in total. The first-order valence-corrected chi connectivity index (χ1v) is 11.9. The van der Waals surface area contributed by atoms with Gasteiger partial charge in [0.15, 0.2) is 0 Å². The van der Waals surface area contributed by atoms with Crippen LogP contribution < -0.4 is 10.6 Å². The molecule has 1 saturated heterocycles. The molecule has 1 aliphatic heterocycles. The first-order chi connectivity index (χ1) is 16.1. The van der Waals surface area contributed by atoms with E-state index < -0.39 is 0 Å². The molecule has 172 valence electrons. The van der Waals surface area contributed by atoms with E-state index in [9.17, 15) is 5.11 Å². The number of piperazine rings is 1. The number of allylic oxidation sites excluding steroid dienone is 1. The molecule has 0 bridgehead atoms. The SMILES string of the molecule is Cc1cc(/C(=C(\CCCO)c2ccccc2)c2ccc(N3CCN(C)CC3)cc2)ccc1N. The van der Waals surface area contributed by atoms with Gasteiger partial charge >= 0.3 is 0 Å². The molecule has 3 aromatic carbocycles. The third kappa shape index (κ3) is 5.47. The number of likely N-dealkylation sites (N-methyl/N-ethyl adjacent to an activating group) is 1. The van der Waals surface area contributed by atoms with Gasteiger partial charge in [-0.1, -0.05) is 48.5 Å². The molecule has 1 aliphatic rings. The summed E-state index contributed by atoms with van der Waals surface area (Å²) in [5.41, 5.74) is 15.3. The van der Waals surface area contributed by atoms with E-state index >= 15 is 0 Å². The largest absolute Gasteiger partial charge is 0.399 e. The summed E-state index contributed by atoms with van der Waals surface area (Å²) in [4.78, 5) is 4.84. The van der Waals surface area contributed by atoms with Crippen molar-refractivity contribution < 1.29 is 5.11 Å². The second-order valence-electron chi connectivity index (χ2n) is 8.96. The van der Waals surface area contributed by atoms with Crippen LogP contribution in [0.5, 0.6) is 0 Å². The Bertz CT molecular complexity index is 1080. The zero-order valence-corrected chi connectivity index (χ0v) is 19.8. The second kappa shape index (κ2) is 10.7. The van der Waals surface area contributed by atoms with Gasteiger partial charge < -0.3 is 20.6 Å². The molecule has 0 aromatic heterocycles. The molecule has 0 radical (unpaired) electrons. The summed E-state index contributed by atoms with van der Waals surface area (Å²) >= 11 is 0. The predicted molar refractivity (Wildman–Crippen MR) is 140 cm³/mol. The van der Waals surface area contributed by atoms with Gasteiger partial charge in [-0.3, -0.25) is 0 Å². The first kappa shape index (κ1) is 23.1. The van der Waals surface area contributed by atoms with Gasteiger partial charge in [0.05, 0.1) is 0 Å². The van der Waals surface area contributed by atoms with Crippen molar-refractivity contribution in [2.45, 2.75) is 19.8 Å². The van der Waals surface area contributed by atoms with Crippen molar-refractivity contribution in [2.75, 3.05) is 50.5 Å². The van der Waals surface area contributed by atoms with E-state index in [4.69, 9.17) is 5.73 Å². The van der Waals surface area contributed by atoms with Crippen LogP contribution in [0, 0.1) is 6.92 Å². The van der Waals surface area contributed by atoms with Crippen LogP contribution in [0.2, 0.25) is 0 Å². The Kier molecular flexibility index (Phi) is 7.48. The molecule has 33 heavy (non-hydrogen) atoms. The van der Waals surface area contributed by atoms with Crippen molar-refractivity contribution in [1.29, 1.82) is 0 Å². The number of aliphatic hydroxyl groups excluding tert-OH is 1. The second-order valence-corrected chi connectivity index (χ2v) is 8.96. The molecule has 0 aliphatic carbocycles. The summed E-state index contributed by atoms with van der Waals surface area (Å²) in [6.45, 7) is 6.53. The zero-order valence-electron chi connectivity index (χ0n) is 19.8. The fraction of sp³-hybridized carbons (Fsp3) is 0.310. The lowest BCUT2D eigenvalue weighted by atomic mass is 9.86. The lowest BCUT2D eigenvalue weighted by Gasteiger charge is -2.34. The number of anilines is 2. The predicted octanol–water partition coefficient (Wildman–Crippen LogP) is 5.06. The third-order valence-corrected chi connectivity index (χ3v) is 6.59. The van der Waals surface area contributed by atoms with Gasteiger partial charge in [0.25, 0.3) is 0 Å². The highest BCUT2D eigenvalue weighted by Crippen LogP contribution is 2.36. The first-order valence-electron chi connectivity index (χ1n) is 11.9. The number of hydrogen-bond acceptors (Lipinski definition) is 4. The van der Waals surface area contributed by atoms with Crippen molar-refractivity contribution in [1.82, 2.24) is 4.90 Å². The maximum Gasteiger partial charge on any atom is 0.0434 e. The summed E-state index contributed by atoms with van der Waals surface area (Å²) in [5, 5.41) is 9.62. The summed E-state index contributed by atoms with van der Waals surface area (Å²) in [7, 11) is 2.18. The molecule has 0 saturated carbocycles. The van der Waals surface area contributed by atoms with Gasteiger partial charge in [0.2, 0.25) is 0 Å². The van der Waals surface area contributed by atoms with Gasteiger partial charge in [-0.05, 0) is 84.5 Å². The van der Waals surface area contributed by atoms with Crippen LogP contribution in [0.1, 0.15) is 35.1 Å². The van der Waals surface area contributed by atoms with Gasteiger partial charge in [0.1, 0.15) is 0 Å². The summed E-state index contributed by atoms with van der Waals surface area (Å²) in [6.07, 6.45) is 1.53. The van der Waals surface area contributed by atoms with E-state index in [0.29, 0.717) is 0 Å². The Morgan fingerprint density at radius 3 is 2.15 bits per heavy atom. The standard InChI is InChI=1S/C29H35N3O/c1-22-21-25(12-15-28(22)30)29(27(9-6-20-33)23-7-4-3-5-8-23)24-10-13-26(14-11-24)32-18-16-31(2)17-19-32/h3-5,7-8,10-15,21,33H,6,9,16-20,30H2,1-2H3/b29-27+. The zero-order chi connectivity index (χ0) is 23.2. The van der Waals surface area contributed by atoms with E-state index in [1.807, 2.05) is 12.1 Å². The highest BCUT2D eigenvalue weighted by Gasteiger charge is 2.17. The number of aliphatic hydroxyl groups is 1. The number of nitrogen functional groups attached to an aromatic ring is 1. The minimum atomic E-state index is 0.173. The third-order valence-electron chi connectivity index (χ3n) is 6.59. The normalized spacial score (nSPS) is 15.4. The van der Waals surface area contributed by atoms with E-state index in [1.165, 1.54) is 28.0 Å². The van der Waals surface area contributed by atoms with Gasteiger partial charge in [-0.25, -0.2) is 0 Å². The molecule has 0 amide bonds. The number of benzene rings is 3. The molecular formula is C29H35N3O. The lowest BCUT2D eigenvalue weighted by Crippen LogP contribution is -2.44. The summed E-state index contributed by atoms with van der Waals surface area (Å²) in [5.74, 6) is 0. The van der Waals surface area contributed by atoms with Crippen molar-refractivity contribution in [3.63, 3.8) is 0 Å². The van der Waals surface area contributed by atoms with Gasteiger partial charge in [0, 0.05) is 44.2 Å². The fourth-order valence-corrected chi connectivity index (χ4v) is 4.56. The Hall–Kier alpha value is -3.08. The molecule has 4 rings (SSSR count). The van der Waals surface area contributed by atoms with Gasteiger partial charge in [-0.2, -0.15) is 0 Å². The van der Waals surface area contributed by atoms with E-state index in [0.717, 1.165) is 55.8 Å². The molecule has 0 spiro atoms. The average Bonchev–Trinajstić information content (AvgIpc) is 2.85. The molecule has 0 unspecified atom stereocenters. The Morgan fingerprint density at radius 2 is 1.52 bits per heavy atom. The highest BCUT2D eigenvalue weighted by molar-refractivity contribution is 5.99. The Labute approximate surface area is 198 Å². The number of rotatable bonds is 7. The molecule has 0 atom stereocenters. The maximum absolute atomic E-state index is 9.62. The smallest absolute Gasteiger partial charge is 0.0434 e. The Morgan fingerprint density at radius 1 is 0.848 bits per heavy atom. The fourth-order valence-electron chi connectivity index (χ4n) is 4.56. The molecule has 4 heteroatoms. The maximum atomic E-state index is 9.62. The van der Waals surface area contributed by atoms with Crippen LogP contribution in [-0.2, 0) is 0 Å². The van der Waals surface area contributed by atoms with Crippen LogP contribution in [0.15, 0.2) is 72.8 Å². The topological polar surface area (TPSA) is 52.7 Å². The van der Waals surface area contributed by atoms with Crippen molar-refractivity contribution >= 4 is 22.5 Å². The molecule has 3 N–H and O–H groups in total. The van der Waals surface area contributed by atoms with Crippen LogP contribution in [0.3, 0.4) is 0 Å². The number of aryl methyl sites for hydroxylation is 1.